The summed E-state index contributed by atoms with van der Waals surface area (Å²) in [5.41, 5.74) is 6.77. The zero-order chi connectivity index (χ0) is 49.5. The number of methoxy groups -OCH3 is 2. The van der Waals surface area contributed by atoms with Gasteiger partial charge in [0.1, 0.15) is 24.4 Å². The second-order valence-corrected chi connectivity index (χ2v) is 19.4. The Bertz CT molecular complexity index is 2290. The molecule has 2 aliphatic heterocycles. The van der Waals surface area contributed by atoms with Gasteiger partial charge in [0.2, 0.25) is 17.7 Å². The van der Waals surface area contributed by atoms with E-state index in [4.69, 9.17) is 41.3 Å². The molecule has 69 heavy (non-hydrogen) atoms. The van der Waals surface area contributed by atoms with E-state index < -0.39 is 47.3 Å². The number of unbranched alkanes of at least 4 members (excludes halogenated alkanes) is 2. The number of carbonyl (C=O) groups is 7. The molecule has 1 saturated heterocycles. The minimum atomic E-state index is -1.27. The fourth-order valence-electron chi connectivity index (χ4n) is 10.9. The fourth-order valence-corrected chi connectivity index (χ4v) is 11.3. The smallest absolute Gasteiger partial charge is 0.330 e. The van der Waals surface area contributed by atoms with Crippen LogP contribution in [0.4, 0.5) is 10.5 Å². The topological polar surface area (TPSA) is 243 Å². The number of carbonyl (C=O) groups excluding carboxylic acids is 7. The number of urea groups is 1. The van der Waals surface area contributed by atoms with Crippen molar-refractivity contribution in [2.75, 3.05) is 32.6 Å². The molecule has 5 fully saturated rings. The molecule has 3 atom stereocenters. The van der Waals surface area contributed by atoms with Gasteiger partial charge in [-0.2, -0.15) is 4.89 Å². The third-order valence-corrected chi connectivity index (χ3v) is 14.6. The van der Waals surface area contributed by atoms with E-state index in [9.17, 15) is 33.6 Å². The summed E-state index contributed by atoms with van der Waals surface area (Å²) < 4.78 is 17.6. The van der Waals surface area contributed by atoms with Crippen molar-refractivity contribution in [1.29, 1.82) is 0 Å². The van der Waals surface area contributed by atoms with Gasteiger partial charge in [0, 0.05) is 61.7 Å². The van der Waals surface area contributed by atoms with E-state index in [1.54, 1.807) is 57.4 Å². The molecule has 4 bridgehead atoms. The van der Waals surface area contributed by atoms with Gasteiger partial charge in [-0.05, 0) is 111 Å². The average Bonchev–Trinajstić information content (AvgIpc) is 3.63. The molecule has 2 aromatic carbocycles. The highest BCUT2D eigenvalue weighted by Gasteiger charge is 2.77. The van der Waals surface area contributed by atoms with E-state index in [1.165, 1.54) is 31.8 Å². The number of nitrogens with two attached hydrogens (primary N) is 1. The van der Waals surface area contributed by atoms with E-state index in [2.05, 4.69) is 21.3 Å². The van der Waals surface area contributed by atoms with Crippen molar-refractivity contribution in [2.24, 2.45) is 35.3 Å². The van der Waals surface area contributed by atoms with Crippen LogP contribution in [0.1, 0.15) is 101 Å². The Hall–Kier alpha value is -5.82. The molecule has 2 heterocycles. The number of benzene rings is 2. The first-order valence-electron chi connectivity index (χ1n) is 23.8. The largest absolute Gasteiger partial charge is 0.487 e. The van der Waals surface area contributed by atoms with Crippen LogP contribution < -0.4 is 31.7 Å². The zero-order valence-electron chi connectivity index (χ0n) is 39.5. The standard InChI is InChI=1S/C50H63ClN6O12/c1-29(2)44(56-39(58)10-6-5-7-22-57-40(59)18-19-41(57)60)47(63)55-38(9-8-21-53-48(52)64)46(62)54-36-15-11-30(12-16-36)28-67-45-33(14-20-42(61)65-3)13-17-37(43(45)51)50(66-4)49(68-69-50)34-24-31-23-32(26-34)27-35(49)25-31/h11-20,29,31-32,34-35,38,44H,5-10,21-28H2,1-4H3,(H,54,62)(H,55,63)(H,56,58)(H3,52,53,64)/b20-14+/t31?,32?,34?,35?,38-,44+,49?,50?/m1/s1. The van der Waals surface area contributed by atoms with Crippen molar-refractivity contribution < 1.29 is 57.5 Å². The van der Waals surface area contributed by atoms with Gasteiger partial charge in [0.15, 0.2) is 5.60 Å². The number of nitrogens with one attached hydrogen (secondary N) is 4. The van der Waals surface area contributed by atoms with Gasteiger partial charge in [-0.1, -0.05) is 56.1 Å². The molecule has 19 heteroatoms. The molecule has 6 N–H and O–H groups in total. The molecular formula is C50H63ClN6O12. The summed E-state index contributed by atoms with van der Waals surface area (Å²) in [6.45, 7) is 4.01. The number of rotatable bonds is 23. The van der Waals surface area contributed by atoms with Gasteiger partial charge in [-0.3, -0.25) is 28.9 Å². The molecule has 2 aromatic rings. The number of primary amides is 1. The second-order valence-electron chi connectivity index (χ2n) is 19.0. The van der Waals surface area contributed by atoms with Gasteiger partial charge in [-0.15, -0.1) is 0 Å². The third kappa shape index (κ3) is 11.1. The van der Waals surface area contributed by atoms with E-state index in [-0.39, 0.29) is 73.0 Å². The minimum absolute atomic E-state index is 0.0414. The molecule has 0 aromatic heterocycles. The number of amides is 7. The monoisotopic (exact) mass is 974 g/mol. The quantitative estimate of drug-likeness (QED) is 0.0302. The molecule has 8 rings (SSSR count). The lowest BCUT2D eigenvalue weighted by molar-refractivity contribution is -0.645. The molecule has 1 unspecified atom stereocenters. The summed E-state index contributed by atoms with van der Waals surface area (Å²) in [5.74, 6) is -2.18. The summed E-state index contributed by atoms with van der Waals surface area (Å²) in [4.78, 5) is 101. The summed E-state index contributed by atoms with van der Waals surface area (Å²) in [6, 6.07) is 7.79. The number of esters is 1. The molecule has 4 saturated carbocycles. The highest BCUT2D eigenvalue weighted by Crippen LogP contribution is 2.70. The van der Waals surface area contributed by atoms with E-state index in [1.807, 2.05) is 6.07 Å². The number of nitrogens with zero attached hydrogens (tertiary/aromatic N) is 1. The summed E-state index contributed by atoms with van der Waals surface area (Å²) in [5, 5.41) is 11.2. The van der Waals surface area contributed by atoms with E-state index in [0.717, 1.165) is 30.6 Å². The highest BCUT2D eigenvalue weighted by molar-refractivity contribution is 6.33. The van der Waals surface area contributed by atoms with Gasteiger partial charge in [0.25, 0.3) is 17.6 Å². The number of anilines is 1. The average molecular weight is 976 g/mol. The lowest BCUT2D eigenvalue weighted by atomic mass is 9.47. The number of hydrogen-bond acceptors (Lipinski definition) is 12. The van der Waals surface area contributed by atoms with Crippen LogP contribution in [0, 0.1) is 29.6 Å². The predicted molar refractivity (Wildman–Crippen MR) is 252 cm³/mol. The van der Waals surface area contributed by atoms with Gasteiger partial charge in [0.05, 0.1) is 12.1 Å². The Morgan fingerprint density at radius 3 is 2.14 bits per heavy atom. The normalized spacial score (nSPS) is 25.2. The lowest BCUT2D eigenvalue weighted by Crippen LogP contribution is -2.76. The number of ether oxygens (including phenoxy) is 3. The van der Waals surface area contributed by atoms with Crippen molar-refractivity contribution in [3.8, 4) is 5.75 Å². The third-order valence-electron chi connectivity index (χ3n) is 14.2. The van der Waals surface area contributed by atoms with Crippen LogP contribution in [0.15, 0.2) is 54.6 Å². The van der Waals surface area contributed by atoms with Crippen LogP contribution in [0.3, 0.4) is 0 Å². The molecule has 1 spiro atoms. The first kappa shape index (κ1) is 51.0. The molecular weight excluding hydrogens is 912 g/mol. The maximum absolute atomic E-state index is 13.8. The van der Waals surface area contributed by atoms with Crippen molar-refractivity contribution in [3.05, 3.63) is 76.3 Å². The van der Waals surface area contributed by atoms with Crippen LogP contribution in [0.2, 0.25) is 5.02 Å². The first-order valence-corrected chi connectivity index (χ1v) is 24.2. The maximum atomic E-state index is 13.8. The lowest BCUT2D eigenvalue weighted by Gasteiger charge is -2.68. The van der Waals surface area contributed by atoms with Crippen molar-refractivity contribution in [2.45, 2.75) is 115 Å². The van der Waals surface area contributed by atoms with Gasteiger partial charge >= 0.3 is 12.0 Å². The molecule has 7 amide bonds. The van der Waals surface area contributed by atoms with Crippen LogP contribution in [0.5, 0.6) is 5.75 Å². The number of halogens is 1. The van der Waals surface area contributed by atoms with E-state index in [0.29, 0.717) is 65.6 Å². The van der Waals surface area contributed by atoms with Crippen LogP contribution in [0.25, 0.3) is 6.08 Å². The SMILES string of the molecule is COC(=O)/C=C/c1ccc(C2(OC)OOC23C2CC4CC(C2)CC3C4)c(Cl)c1OCc1ccc(NC(=O)[C@@H](CCCNC(N)=O)NC(=O)[C@@H](NC(=O)CCCCCN2C(=O)C=CC2=O)C(C)C)cc1. The molecule has 6 aliphatic rings. The molecule has 0 radical (unpaired) electrons. The Balaban J connectivity index is 0.996. The van der Waals surface area contributed by atoms with Crippen LogP contribution in [-0.4, -0.2) is 91.4 Å². The Labute approximate surface area is 406 Å². The first-order chi connectivity index (χ1) is 33.1. The Kier molecular flexibility index (Phi) is 16.5. The van der Waals surface area contributed by atoms with Crippen LogP contribution >= 0.6 is 11.6 Å². The van der Waals surface area contributed by atoms with Crippen LogP contribution in [-0.2, 0) is 60.4 Å². The van der Waals surface area contributed by atoms with Gasteiger partial charge < -0.3 is 41.2 Å². The second kappa shape index (κ2) is 22.3. The molecule has 372 valence electrons. The molecule has 18 nitrogen and oxygen atoms in total. The maximum Gasteiger partial charge on any atom is 0.330 e. The zero-order valence-corrected chi connectivity index (χ0v) is 40.3. The summed E-state index contributed by atoms with van der Waals surface area (Å²) in [7, 11) is 2.90. The Morgan fingerprint density at radius 2 is 1.55 bits per heavy atom. The molecule has 4 aliphatic carbocycles. The minimum Gasteiger partial charge on any atom is -0.487 e. The van der Waals surface area contributed by atoms with Crippen molar-refractivity contribution in [1.82, 2.24) is 20.9 Å². The Morgan fingerprint density at radius 1 is 0.870 bits per heavy atom. The van der Waals surface area contributed by atoms with Crippen molar-refractivity contribution >= 4 is 64.9 Å². The highest BCUT2D eigenvalue weighted by atomic mass is 35.5. The number of hydrogen-bond donors (Lipinski definition) is 5. The van der Waals surface area contributed by atoms with Crippen molar-refractivity contribution in [3.63, 3.8) is 0 Å². The fraction of sp³-hybridized carbons (Fsp3) is 0.540. The van der Waals surface area contributed by atoms with E-state index >= 15 is 0 Å². The summed E-state index contributed by atoms with van der Waals surface area (Å²) >= 11 is 7.29. The predicted octanol–water partition coefficient (Wildman–Crippen LogP) is 5.56. The van der Waals surface area contributed by atoms with Gasteiger partial charge in [-0.25, -0.2) is 14.5 Å². The number of imide groups is 1. The summed E-state index contributed by atoms with van der Waals surface area (Å²) in [6.07, 6.45) is 12.9.